The van der Waals surface area contributed by atoms with Gasteiger partial charge in [-0.05, 0) is 55.8 Å². The van der Waals surface area contributed by atoms with Crippen molar-refractivity contribution in [2.45, 2.75) is 19.4 Å². The van der Waals surface area contributed by atoms with Gasteiger partial charge in [0, 0.05) is 18.9 Å². The summed E-state index contributed by atoms with van der Waals surface area (Å²) in [4.78, 5) is 18.9. The number of aromatic nitrogens is 1. The van der Waals surface area contributed by atoms with Gasteiger partial charge in [0.2, 0.25) is 5.78 Å². The molecule has 5 nitrogen and oxygen atoms in total. The number of carbonyl (C=O) groups is 1. The predicted octanol–water partition coefficient (Wildman–Crippen LogP) is 3.00. The molecule has 1 aromatic carbocycles. The molecule has 0 aliphatic carbocycles. The molecule has 5 heteroatoms. The fraction of sp³-hybridized carbons (Fsp3) is 0.263. The van der Waals surface area contributed by atoms with Crippen LogP contribution in [0.25, 0.3) is 6.08 Å². The first kappa shape index (κ1) is 14.9. The van der Waals surface area contributed by atoms with Crippen LogP contribution in [0.15, 0.2) is 42.4 Å². The number of allylic oxidation sites excluding steroid dienone is 1. The Morgan fingerprint density at radius 3 is 2.83 bits per heavy atom. The molecule has 24 heavy (non-hydrogen) atoms. The van der Waals surface area contributed by atoms with E-state index in [0.717, 1.165) is 18.7 Å². The van der Waals surface area contributed by atoms with Gasteiger partial charge in [0.25, 0.3) is 0 Å². The minimum atomic E-state index is -0.156. The van der Waals surface area contributed by atoms with E-state index in [1.165, 1.54) is 12.8 Å². The molecule has 2 aliphatic heterocycles. The highest BCUT2D eigenvalue weighted by atomic mass is 16.5. The van der Waals surface area contributed by atoms with Gasteiger partial charge in [0.1, 0.15) is 11.5 Å². The summed E-state index contributed by atoms with van der Waals surface area (Å²) in [5, 5.41) is 10.2. The Bertz CT molecular complexity index is 809. The van der Waals surface area contributed by atoms with Crippen molar-refractivity contribution in [3.63, 3.8) is 0 Å². The molecule has 0 saturated carbocycles. The second-order valence-corrected chi connectivity index (χ2v) is 6.15. The molecule has 0 radical (unpaired) electrons. The largest absolute Gasteiger partial charge is 0.507 e. The lowest BCUT2D eigenvalue weighted by Crippen LogP contribution is -2.18. The Morgan fingerprint density at radius 2 is 2.08 bits per heavy atom. The topological polar surface area (TPSA) is 62.7 Å². The Kier molecular flexibility index (Phi) is 3.78. The van der Waals surface area contributed by atoms with E-state index in [9.17, 15) is 9.90 Å². The van der Waals surface area contributed by atoms with Gasteiger partial charge in [-0.15, -0.1) is 0 Å². The van der Waals surface area contributed by atoms with Crippen molar-refractivity contribution in [3.8, 4) is 11.5 Å². The summed E-state index contributed by atoms with van der Waals surface area (Å²) in [6.07, 6.45) is 7.38. The molecule has 1 N–H and O–H groups in total. The van der Waals surface area contributed by atoms with Crippen LogP contribution in [0.3, 0.4) is 0 Å². The van der Waals surface area contributed by atoms with Gasteiger partial charge in [-0.25, -0.2) is 0 Å². The molecule has 122 valence electrons. The Morgan fingerprint density at radius 1 is 1.25 bits per heavy atom. The standard InChI is InChI=1S/C19H18N2O3/c22-16-6-5-14-18(23)17(10-13-4-3-7-20-11-13)24-19(14)15(16)12-21-8-1-2-9-21/h3-7,10-11,22H,1-2,8-9,12H2/b17-10+. The number of fused-ring (bicyclic) bond motifs is 1. The van der Waals surface area contributed by atoms with Gasteiger partial charge in [-0.1, -0.05) is 6.07 Å². The maximum Gasteiger partial charge on any atom is 0.231 e. The first-order chi connectivity index (χ1) is 11.7. The molecule has 2 aromatic rings. The summed E-state index contributed by atoms with van der Waals surface area (Å²) in [6.45, 7) is 2.62. The molecular formula is C19H18N2O3. The average Bonchev–Trinajstić information content (AvgIpc) is 3.21. The number of carbonyl (C=O) groups excluding carboxylic acids is 1. The number of ether oxygens (including phenoxy) is 1. The third kappa shape index (κ3) is 2.67. The lowest BCUT2D eigenvalue weighted by molar-refractivity contribution is 0.101. The van der Waals surface area contributed by atoms with Crippen molar-refractivity contribution in [1.82, 2.24) is 9.88 Å². The van der Waals surface area contributed by atoms with E-state index >= 15 is 0 Å². The van der Waals surface area contributed by atoms with Crippen LogP contribution in [0.1, 0.15) is 34.3 Å². The summed E-state index contributed by atoms with van der Waals surface area (Å²) >= 11 is 0. The quantitative estimate of drug-likeness (QED) is 0.880. The lowest BCUT2D eigenvalue weighted by Gasteiger charge is -2.17. The fourth-order valence-electron chi connectivity index (χ4n) is 3.23. The highest BCUT2D eigenvalue weighted by molar-refractivity contribution is 6.14. The smallest absolute Gasteiger partial charge is 0.231 e. The summed E-state index contributed by atoms with van der Waals surface area (Å²) < 4.78 is 5.84. The SMILES string of the molecule is O=C1/C(=C\c2cccnc2)Oc2c1ccc(O)c2CN1CCCC1. The number of phenolic OH excluding ortho intramolecular Hbond substituents is 1. The van der Waals surface area contributed by atoms with Crippen LogP contribution in [0.5, 0.6) is 11.5 Å². The molecule has 0 unspecified atom stereocenters. The van der Waals surface area contributed by atoms with Crippen molar-refractivity contribution in [1.29, 1.82) is 0 Å². The third-order valence-corrected chi connectivity index (χ3v) is 4.48. The van der Waals surface area contributed by atoms with E-state index in [-0.39, 0.29) is 17.3 Å². The normalized spacial score (nSPS) is 18.8. The van der Waals surface area contributed by atoms with Crippen LogP contribution in [0.4, 0.5) is 0 Å². The minimum absolute atomic E-state index is 0.156. The summed E-state index contributed by atoms with van der Waals surface area (Å²) in [5.74, 6) is 0.779. The number of benzene rings is 1. The number of rotatable bonds is 3. The Balaban J connectivity index is 1.68. The van der Waals surface area contributed by atoms with E-state index in [2.05, 4.69) is 9.88 Å². The van der Waals surface area contributed by atoms with Crippen LogP contribution in [-0.2, 0) is 6.54 Å². The van der Waals surface area contributed by atoms with E-state index < -0.39 is 0 Å². The van der Waals surface area contributed by atoms with E-state index in [1.807, 2.05) is 12.1 Å². The van der Waals surface area contributed by atoms with E-state index in [0.29, 0.717) is 23.4 Å². The molecule has 0 amide bonds. The molecule has 4 rings (SSSR count). The highest BCUT2D eigenvalue weighted by Gasteiger charge is 2.31. The zero-order chi connectivity index (χ0) is 16.5. The van der Waals surface area contributed by atoms with Crippen molar-refractivity contribution in [2.24, 2.45) is 0 Å². The third-order valence-electron chi connectivity index (χ3n) is 4.48. The van der Waals surface area contributed by atoms with Gasteiger partial charge >= 0.3 is 0 Å². The number of hydrogen-bond acceptors (Lipinski definition) is 5. The number of hydrogen-bond donors (Lipinski definition) is 1. The van der Waals surface area contributed by atoms with Gasteiger partial charge in [-0.3, -0.25) is 14.7 Å². The first-order valence-corrected chi connectivity index (χ1v) is 8.14. The van der Waals surface area contributed by atoms with Crippen LogP contribution in [0.2, 0.25) is 0 Å². The number of aromatic hydroxyl groups is 1. The lowest BCUT2D eigenvalue weighted by atomic mass is 10.0. The first-order valence-electron chi connectivity index (χ1n) is 8.14. The monoisotopic (exact) mass is 322 g/mol. The molecule has 0 spiro atoms. The Labute approximate surface area is 140 Å². The highest BCUT2D eigenvalue weighted by Crippen LogP contribution is 2.40. The molecule has 0 atom stereocenters. The molecule has 1 saturated heterocycles. The number of ketones is 1. The number of nitrogens with zero attached hydrogens (tertiary/aromatic N) is 2. The van der Waals surface area contributed by atoms with Crippen molar-refractivity contribution < 1.29 is 14.6 Å². The molecular weight excluding hydrogens is 304 g/mol. The summed E-state index contributed by atoms with van der Waals surface area (Å²) in [7, 11) is 0. The predicted molar refractivity (Wildman–Crippen MR) is 89.8 cm³/mol. The molecule has 2 aliphatic rings. The number of phenols is 1. The zero-order valence-electron chi connectivity index (χ0n) is 13.2. The molecule has 3 heterocycles. The zero-order valence-corrected chi connectivity index (χ0v) is 13.2. The van der Waals surface area contributed by atoms with Gasteiger partial charge < -0.3 is 9.84 Å². The van der Waals surface area contributed by atoms with E-state index in [4.69, 9.17) is 4.74 Å². The van der Waals surface area contributed by atoms with Crippen LogP contribution >= 0.6 is 0 Å². The van der Waals surface area contributed by atoms with Crippen molar-refractivity contribution in [2.75, 3.05) is 13.1 Å². The Hall–Kier alpha value is -2.66. The molecule has 1 aromatic heterocycles. The van der Waals surface area contributed by atoms with Crippen LogP contribution in [0, 0.1) is 0 Å². The van der Waals surface area contributed by atoms with Gasteiger partial charge in [0.15, 0.2) is 5.76 Å². The second-order valence-electron chi connectivity index (χ2n) is 6.15. The van der Waals surface area contributed by atoms with Crippen LogP contribution < -0.4 is 4.74 Å². The maximum absolute atomic E-state index is 12.6. The van der Waals surface area contributed by atoms with Gasteiger partial charge in [0.05, 0.1) is 11.1 Å². The van der Waals surface area contributed by atoms with E-state index in [1.54, 1.807) is 30.6 Å². The van der Waals surface area contributed by atoms with Gasteiger partial charge in [-0.2, -0.15) is 0 Å². The summed E-state index contributed by atoms with van der Waals surface area (Å²) in [5.41, 5.74) is 2.01. The fourth-order valence-corrected chi connectivity index (χ4v) is 3.23. The van der Waals surface area contributed by atoms with Crippen molar-refractivity contribution >= 4 is 11.9 Å². The second kappa shape index (κ2) is 6.09. The maximum atomic E-state index is 12.6. The van der Waals surface area contributed by atoms with Crippen LogP contribution in [-0.4, -0.2) is 33.9 Å². The minimum Gasteiger partial charge on any atom is -0.507 e. The molecule has 0 bridgehead atoms. The number of likely N-dealkylation sites (tertiary alicyclic amines) is 1. The number of Topliss-reactive ketones (excluding diaryl/α,β-unsaturated/α-hetero) is 1. The van der Waals surface area contributed by atoms with Crippen molar-refractivity contribution in [3.05, 3.63) is 59.1 Å². The number of pyridine rings is 1. The average molecular weight is 322 g/mol. The molecule has 1 fully saturated rings. The summed E-state index contributed by atoms with van der Waals surface area (Å²) in [6, 6.07) is 6.88.